The van der Waals surface area contributed by atoms with Crippen LogP contribution in [0.3, 0.4) is 0 Å². The summed E-state index contributed by atoms with van der Waals surface area (Å²) in [7, 11) is 0. The molecule has 9 heteroatoms. The SMILES string of the molecule is O=C1N(CCO)CCCC12CCN(c1nccc(C(F)(F)F)n1)C2. The van der Waals surface area contributed by atoms with Crippen molar-refractivity contribution in [1.82, 2.24) is 14.9 Å². The molecule has 1 amide bonds. The van der Waals surface area contributed by atoms with Crippen molar-refractivity contribution in [1.29, 1.82) is 0 Å². The Labute approximate surface area is 137 Å². The zero-order valence-corrected chi connectivity index (χ0v) is 13.1. The Balaban J connectivity index is 1.79. The topological polar surface area (TPSA) is 69.6 Å². The highest BCUT2D eigenvalue weighted by molar-refractivity contribution is 5.85. The van der Waals surface area contributed by atoms with Gasteiger partial charge in [-0.2, -0.15) is 13.2 Å². The van der Waals surface area contributed by atoms with Gasteiger partial charge in [0, 0.05) is 32.4 Å². The summed E-state index contributed by atoms with van der Waals surface area (Å²) >= 11 is 0. The lowest BCUT2D eigenvalue weighted by Crippen LogP contribution is -2.50. The molecule has 3 rings (SSSR count). The summed E-state index contributed by atoms with van der Waals surface area (Å²) in [5, 5.41) is 9.07. The molecular weight excluding hydrogens is 325 g/mol. The number of carbonyl (C=O) groups is 1. The van der Waals surface area contributed by atoms with Crippen molar-refractivity contribution in [2.45, 2.75) is 25.4 Å². The first-order valence-electron chi connectivity index (χ1n) is 7.91. The molecule has 1 atom stereocenters. The predicted molar refractivity (Wildman–Crippen MR) is 79.2 cm³/mol. The van der Waals surface area contributed by atoms with Gasteiger partial charge in [-0.1, -0.05) is 0 Å². The molecule has 3 heterocycles. The molecule has 2 fully saturated rings. The second-order valence-corrected chi connectivity index (χ2v) is 6.31. The zero-order valence-electron chi connectivity index (χ0n) is 13.1. The summed E-state index contributed by atoms with van der Waals surface area (Å²) in [4.78, 5) is 23.5. The van der Waals surface area contributed by atoms with Gasteiger partial charge in [0.05, 0.1) is 12.0 Å². The molecule has 0 radical (unpaired) electrons. The van der Waals surface area contributed by atoms with Gasteiger partial charge in [-0.25, -0.2) is 9.97 Å². The standard InChI is InChI=1S/C15H19F3N4O2/c16-15(17,18)11-2-5-19-13(20-11)22-7-4-14(10-22)3-1-6-21(8-9-23)12(14)24/h2,5,23H,1,3-4,6-10H2. The number of anilines is 1. The van der Waals surface area contributed by atoms with Gasteiger partial charge in [-0.3, -0.25) is 4.79 Å². The molecule has 6 nitrogen and oxygen atoms in total. The highest BCUT2D eigenvalue weighted by atomic mass is 19.4. The van der Waals surface area contributed by atoms with Crippen LogP contribution in [0.15, 0.2) is 12.3 Å². The number of amides is 1. The van der Waals surface area contributed by atoms with Crippen LogP contribution in [0.25, 0.3) is 0 Å². The second kappa shape index (κ2) is 6.19. The minimum absolute atomic E-state index is 0.00813. The minimum atomic E-state index is -4.52. The monoisotopic (exact) mass is 344 g/mol. The maximum atomic E-state index is 12.8. The molecule has 0 saturated carbocycles. The van der Waals surface area contributed by atoms with Crippen molar-refractivity contribution in [3.8, 4) is 0 Å². The Hall–Kier alpha value is -1.90. The number of aliphatic hydroxyl groups is 1. The van der Waals surface area contributed by atoms with Crippen LogP contribution in [0, 0.1) is 5.41 Å². The van der Waals surface area contributed by atoms with Gasteiger partial charge >= 0.3 is 6.18 Å². The van der Waals surface area contributed by atoms with Crippen LogP contribution in [0.4, 0.5) is 19.1 Å². The Morgan fingerprint density at radius 1 is 1.29 bits per heavy atom. The Bertz CT molecular complexity index is 623. The van der Waals surface area contributed by atoms with Gasteiger partial charge in [-0.15, -0.1) is 0 Å². The molecule has 1 N–H and O–H groups in total. The van der Waals surface area contributed by atoms with Crippen LogP contribution < -0.4 is 4.90 Å². The van der Waals surface area contributed by atoms with Crippen LogP contribution in [0.2, 0.25) is 0 Å². The number of β-amino-alcohol motifs (C(OH)–C–C–N with tert-alkyl or cyclic N) is 1. The van der Waals surface area contributed by atoms with E-state index in [4.69, 9.17) is 5.11 Å². The first-order chi connectivity index (χ1) is 11.4. The average Bonchev–Trinajstić information content (AvgIpc) is 2.97. The van der Waals surface area contributed by atoms with Gasteiger partial charge in [-0.05, 0) is 25.3 Å². The van der Waals surface area contributed by atoms with E-state index in [1.54, 1.807) is 9.80 Å². The summed E-state index contributed by atoms with van der Waals surface area (Å²) in [6.45, 7) is 1.57. The third kappa shape index (κ3) is 3.04. The fourth-order valence-corrected chi connectivity index (χ4v) is 3.57. The molecule has 1 unspecified atom stereocenters. The van der Waals surface area contributed by atoms with E-state index in [0.717, 1.165) is 18.7 Å². The predicted octanol–water partition coefficient (Wildman–Crippen LogP) is 1.31. The van der Waals surface area contributed by atoms with E-state index in [1.165, 1.54) is 0 Å². The van der Waals surface area contributed by atoms with Crippen LogP contribution in [0.5, 0.6) is 0 Å². The van der Waals surface area contributed by atoms with E-state index in [1.807, 2.05) is 0 Å². The molecule has 2 aliphatic heterocycles. The molecule has 132 valence electrons. The highest BCUT2D eigenvalue weighted by Crippen LogP contribution is 2.41. The molecule has 1 spiro atoms. The first kappa shape index (κ1) is 16.9. The van der Waals surface area contributed by atoms with Gasteiger partial charge in [0.25, 0.3) is 0 Å². The van der Waals surface area contributed by atoms with E-state index >= 15 is 0 Å². The summed E-state index contributed by atoms with van der Waals surface area (Å²) in [5.74, 6) is -0.0222. The van der Waals surface area contributed by atoms with E-state index in [9.17, 15) is 18.0 Å². The van der Waals surface area contributed by atoms with Crippen molar-refractivity contribution < 1.29 is 23.1 Å². The van der Waals surface area contributed by atoms with Crippen LogP contribution >= 0.6 is 0 Å². The number of aliphatic hydroxyl groups excluding tert-OH is 1. The van der Waals surface area contributed by atoms with Crippen molar-refractivity contribution >= 4 is 11.9 Å². The molecule has 0 bridgehead atoms. The molecular formula is C15H19F3N4O2. The molecule has 2 saturated heterocycles. The zero-order chi connectivity index (χ0) is 17.4. The number of hydrogen-bond acceptors (Lipinski definition) is 5. The van der Waals surface area contributed by atoms with E-state index in [0.29, 0.717) is 39.0 Å². The molecule has 2 aliphatic rings. The third-order valence-corrected chi connectivity index (χ3v) is 4.76. The number of piperidine rings is 1. The maximum Gasteiger partial charge on any atom is 0.433 e. The van der Waals surface area contributed by atoms with E-state index < -0.39 is 17.3 Å². The molecule has 1 aromatic rings. The molecule has 0 aromatic carbocycles. The largest absolute Gasteiger partial charge is 0.433 e. The lowest BCUT2D eigenvalue weighted by molar-refractivity contribution is -0.145. The fourth-order valence-electron chi connectivity index (χ4n) is 3.57. The number of nitrogens with zero attached hydrogens (tertiary/aromatic N) is 4. The summed E-state index contributed by atoms with van der Waals surface area (Å²) in [6, 6.07) is 0.837. The number of halogens is 3. The normalized spacial score (nSPS) is 24.9. The Morgan fingerprint density at radius 3 is 2.79 bits per heavy atom. The van der Waals surface area contributed by atoms with Crippen molar-refractivity contribution in [3.05, 3.63) is 18.0 Å². The summed E-state index contributed by atoms with van der Waals surface area (Å²) in [6.07, 6.45) is -1.34. The van der Waals surface area contributed by atoms with E-state index in [-0.39, 0.29) is 18.5 Å². The smallest absolute Gasteiger partial charge is 0.395 e. The number of aromatic nitrogens is 2. The lowest BCUT2D eigenvalue weighted by atomic mass is 9.78. The quantitative estimate of drug-likeness (QED) is 0.895. The number of hydrogen-bond donors (Lipinski definition) is 1. The minimum Gasteiger partial charge on any atom is -0.395 e. The van der Waals surface area contributed by atoms with Gasteiger partial charge < -0.3 is 14.9 Å². The number of likely N-dealkylation sites (tertiary alicyclic amines) is 1. The second-order valence-electron chi connectivity index (χ2n) is 6.31. The van der Waals surface area contributed by atoms with Crippen molar-refractivity contribution in [2.75, 3.05) is 37.7 Å². The summed E-state index contributed by atoms with van der Waals surface area (Å²) < 4.78 is 38.4. The average molecular weight is 344 g/mol. The van der Waals surface area contributed by atoms with Crippen LogP contribution in [0.1, 0.15) is 25.0 Å². The maximum absolute atomic E-state index is 12.8. The fraction of sp³-hybridized carbons (Fsp3) is 0.667. The number of rotatable bonds is 3. The van der Waals surface area contributed by atoms with Gasteiger partial charge in [0.1, 0.15) is 5.69 Å². The Morgan fingerprint density at radius 2 is 2.08 bits per heavy atom. The highest BCUT2D eigenvalue weighted by Gasteiger charge is 2.49. The van der Waals surface area contributed by atoms with Gasteiger partial charge in [0.2, 0.25) is 11.9 Å². The Kier molecular flexibility index (Phi) is 4.37. The van der Waals surface area contributed by atoms with Crippen molar-refractivity contribution in [3.63, 3.8) is 0 Å². The lowest BCUT2D eigenvalue weighted by Gasteiger charge is -2.39. The summed E-state index contributed by atoms with van der Waals surface area (Å²) in [5.41, 5.74) is -1.59. The first-order valence-corrected chi connectivity index (χ1v) is 7.91. The molecule has 0 aliphatic carbocycles. The van der Waals surface area contributed by atoms with Gasteiger partial charge in [0.15, 0.2) is 0 Å². The molecule has 24 heavy (non-hydrogen) atoms. The van der Waals surface area contributed by atoms with E-state index in [2.05, 4.69) is 9.97 Å². The third-order valence-electron chi connectivity index (χ3n) is 4.76. The van der Waals surface area contributed by atoms with Crippen LogP contribution in [-0.4, -0.2) is 58.7 Å². The number of alkyl halides is 3. The number of carbonyl (C=O) groups excluding carboxylic acids is 1. The molecule has 1 aromatic heterocycles. The van der Waals surface area contributed by atoms with Crippen LogP contribution in [-0.2, 0) is 11.0 Å². The van der Waals surface area contributed by atoms with Crippen molar-refractivity contribution in [2.24, 2.45) is 5.41 Å².